The standard InChI is InChI=1S/C29H27N5O5/c1-19-16-25(28(37)32-24(26(35)27(30)36)17-20-8-4-2-5-9-20)34(33-19)22-14-12-21(13-15-22)18-31-29(38)39-23-10-6-3-7-11-23/h2-16,24H,17-18H2,1H3,(H2,30,36)(H,31,38)(H,32,37)/t24-/m0/s1. The largest absolute Gasteiger partial charge is 0.412 e. The molecule has 4 aromatic rings. The average molecular weight is 526 g/mol. The molecular weight excluding hydrogens is 498 g/mol. The Hall–Kier alpha value is -5.25. The number of ether oxygens (including phenoxy) is 1. The Morgan fingerprint density at radius 2 is 1.54 bits per heavy atom. The van der Waals surface area contributed by atoms with Gasteiger partial charge in [0.15, 0.2) is 0 Å². The number of para-hydroxylation sites is 1. The van der Waals surface area contributed by atoms with Crippen LogP contribution in [-0.4, -0.2) is 39.5 Å². The molecule has 0 spiro atoms. The summed E-state index contributed by atoms with van der Waals surface area (Å²) in [4.78, 5) is 49.4. The third-order valence-electron chi connectivity index (χ3n) is 5.78. The lowest BCUT2D eigenvalue weighted by Gasteiger charge is -2.17. The Balaban J connectivity index is 1.45. The first-order valence-electron chi connectivity index (χ1n) is 12.2. The number of hydrogen-bond donors (Lipinski definition) is 3. The van der Waals surface area contributed by atoms with Crippen molar-refractivity contribution < 1.29 is 23.9 Å². The lowest BCUT2D eigenvalue weighted by Crippen LogP contribution is -2.47. The SMILES string of the molecule is Cc1cc(C(=O)N[C@@H](Cc2ccccc2)C(=O)C(N)=O)n(-c2ccc(CNC(=O)Oc3ccccc3)cc2)n1. The number of rotatable bonds is 10. The van der Waals surface area contributed by atoms with E-state index in [1.807, 2.05) is 12.1 Å². The van der Waals surface area contributed by atoms with Crippen molar-refractivity contribution >= 4 is 23.7 Å². The summed E-state index contributed by atoms with van der Waals surface area (Å²) in [6, 6.07) is 25.2. The molecule has 0 saturated heterocycles. The number of aromatic nitrogens is 2. The Kier molecular flexibility index (Phi) is 8.47. The van der Waals surface area contributed by atoms with Gasteiger partial charge in [-0.15, -0.1) is 0 Å². The van der Waals surface area contributed by atoms with Gasteiger partial charge in [0.2, 0.25) is 5.78 Å². The molecule has 0 unspecified atom stereocenters. The number of nitrogens with zero attached hydrogens (tertiary/aromatic N) is 2. The first-order chi connectivity index (χ1) is 18.8. The number of aryl methyl sites for hydroxylation is 1. The van der Waals surface area contributed by atoms with Gasteiger partial charge in [-0.2, -0.15) is 5.10 Å². The second kappa shape index (κ2) is 12.3. The minimum atomic E-state index is -1.13. The van der Waals surface area contributed by atoms with Gasteiger partial charge in [-0.05, 0) is 48.4 Å². The number of primary amides is 1. The Labute approximate surface area is 224 Å². The minimum absolute atomic E-state index is 0.107. The zero-order chi connectivity index (χ0) is 27.8. The third-order valence-corrected chi connectivity index (χ3v) is 5.78. The quantitative estimate of drug-likeness (QED) is 0.272. The molecule has 0 aliphatic rings. The molecular formula is C29H27N5O5. The molecule has 4 N–H and O–H groups in total. The maximum Gasteiger partial charge on any atom is 0.412 e. The van der Waals surface area contributed by atoms with E-state index in [2.05, 4.69) is 15.7 Å². The van der Waals surface area contributed by atoms with Crippen LogP contribution in [0.1, 0.15) is 27.3 Å². The first-order valence-corrected chi connectivity index (χ1v) is 12.2. The molecule has 1 heterocycles. The number of hydrogen-bond acceptors (Lipinski definition) is 6. The summed E-state index contributed by atoms with van der Waals surface area (Å²) in [5, 5.41) is 9.74. The molecule has 0 bridgehead atoms. The van der Waals surface area contributed by atoms with Crippen LogP contribution in [0.5, 0.6) is 5.75 Å². The highest BCUT2D eigenvalue weighted by molar-refractivity contribution is 6.38. The van der Waals surface area contributed by atoms with Crippen molar-refractivity contribution in [2.24, 2.45) is 5.73 Å². The highest BCUT2D eigenvalue weighted by Crippen LogP contribution is 2.15. The van der Waals surface area contributed by atoms with Gasteiger partial charge in [0.05, 0.1) is 11.4 Å². The maximum absolute atomic E-state index is 13.2. The summed E-state index contributed by atoms with van der Waals surface area (Å²) in [6.45, 7) is 1.97. The number of Topliss-reactive ketones (excluding diaryl/α,β-unsaturated/α-hetero) is 1. The lowest BCUT2D eigenvalue weighted by molar-refractivity contribution is -0.137. The zero-order valence-corrected chi connectivity index (χ0v) is 21.2. The van der Waals surface area contributed by atoms with Crippen LogP contribution in [0.25, 0.3) is 5.69 Å². The van der Waals surface area contributed by atoms with Gasteiger partial charge in [0.25, 0.3) is 11.8 Å². The number of carbonyl (C=O) groups excluding carboxylic acids is 4. The number of carbonyl (C=O) groups is 4. The van der Waals surface area contributed by atoms with Crippen molar-refractivity contribution in [1.29, 1.82) is 0 Å². The van der Waals surface area contributed by atoms with Crippen LogP contribution in [0.2, 0.25) is 0 Å². The van der Waals surface area contributed by atoms with Crippen LogP contribution in [-0.2, 0) is 22.6 Å². The highest BCUT2D eigenvalue weighted by Gasteiger charge is 2.27. The number of amides is 3. The van der Waals surface area contributed by atoms with E-state index >= 15 is 0 Å². The summed E-state index contributed by atoms with van der Waals surface area (Å²) in [5.74, 6) is -2.16. The summed E-state index contributed by atoms with van der Waals surface area (Å²) in [6.07, 6.45) is -0.474. The number of nitrogens with one attached hydrogen (secondary N) is 2. The summed E-state index contributed by atoms with van der Waals surface area (Å²) in [5.41, 5.74) is 8.14. The van der Waals surface area contributed by atoms with Crippen LogP contribution in [0.4, 0.5) is 4.79 Å². The minimum Gasteiger partial charge on any atom is -0.410 e. The molecule has 39 heavy (non-hydrogen) atoms. The van der Waals surface area contributed by atoms with E-state index in [0.717, 1.165) is 11.1 Å². The van der Waals surface area contributed by atoms with E-state index in [4.69, 9.17) is 10.5 Å². The van der Waals surface area contributed by atoms with Crippen molar-refractivity contribution in [1.82, 2.24) is 20.4 Å². The van der Waals surface area contributed by atoms with Gasteiger partial charge in [-0.3, -0.25) is 14.4 Å². The van der Waals surface area contributed by atoms with E-state index in [0.29, 0.717) is 17.1 Å². The molecule has 0 fully saturated rings. The molecule has 4 rings (SSSR count). The molecule has 0 aliphatic heterocycles. The molecule has 10 nitrogen and oxygen atoms in total. The van der Waals surface area contributed by atoms with Crippen molar-refractivity contribution in [3.05, 3.63) is 114 Å². The van der Waals surface area contributed by atoms with Crippen LogP contribution < -0.4 is 21.1 Å². The van der Waals surface area contributed by atoms with Gasteiger partial charge < -0.3 is 21.1 Å². The van der Waals surface area contributed by atoms with Crippen LogP contribution in [0.15, 0.2) is 91.0 Å². The number of nitrogens with two attached hydrogens (primary N) is 1. The third kappa shape index (κ3) is 7.16. The Morgan fingerprint density at radius 3 is 2.18 bits per heavy atom. The first kappa shape index (κ1) is 26.8. The normalized spacial score (nSPS) is 11.3. The molecule has 1 atom stereocenters. The molecule has 198 valence electrons. The highest BCUT2D eigenvalue weighted by atomic mass is 16.6. The van der Waals surface area contributed by atoms with Gasteiger partial charge in [-0.25, -0.2) is 9.48 Å². The predicted octanol–water partition coefficient (Wildman–Crippen LogP) is 2.86. The second-order valence-electron chi connectivity index (χ2n) is 8.75. The van der Waals surface area contributed by atoms with Crippen LogP contribution in [0, 0.1) is 6.92 Å². The Morgan fingerprint density at radius 1 is 0.897 bits per heavy atom. The van der Waals surface area contributed by atoms with Crippen LogP contribution >= 0.6 is 0 Å². The fourth-order valence-electron chi connectivity index (χ4n) is 3.88. The summed E-state index contributed by atoms with van der Waals surface area (Å²) >= 11 is 0. The molecule has 0 radical (unpaired) electrons. The molecule has 3 aromatic carbocycles. The number of ketones is 1. The predicted molar refractivity (Wildman–Crippen MR) is 143 cm³/mol. The second-order valence-corrected chi connectivity index (χ2v) is 8.75. The number of benzene rings is 3. The van der Waals surface area contributed by atoms with Crippen molar-refractivity contribution in [3.8, 4) is 11.4 Å². The fraction of sp³-hybridized carbons (Fsp3) is 0.138. The van der Waals surface area contributed by atoms with E-state index in [1.165, 1.54) is 4.68 Å². The monoisotopic (exact) mass is 525 g/mol. The summed E-state index contributed by atoms with van der Waals surface area (Å²) < 4.78 is 6.66. The smallest absolute Gasteiger partial charge is 0.410 e. The fourth-order valence-corrected chi connectivity index (χ4v) is 3.88. The van der Waals surface area contributed by atoms with E-state index < -0.39 is 29.7 Å². The molecule has 1 aromatic heterocycles. The van der Waals surface area contributed by atoms with E-state index in [9.17, 15) is 19.2 Å². The average Bonchev–Trinajstić information content (AvgIpc) is 3.34. The van der Waals surface area contributed by atoms with Crippen molar-refractivity contribution in [2.45, 2.75) is 25.9 Å². The molecule has 0 saturated carbocycles. The van der Waals surface area contributed by atoms with Crippen molar-refractivity contribution in [3.63, 3.8) is 0 Å². The summed E-state index contributed by atoms with van der Waals surface area (Å²) in [7, 11) is 0. The van der Waals surface area contributed by atoms with E-state index in [1.54, 1.807) is 85.8 Å². The maximum atomic E-state index is 13.2. The van der Waals surface area contributed by atoms with Crippen molar-refractivity contribution in [2.75, 3.05) is 0 Å². The molecule has 0 aliphatic carbocycles. The topological polar surface area (TPSA) is 145 Å². The van der Waals surface area contributed by atoms with Gasteiger partial charge in [0, 0.05) is 13.0 Å². The van der Waals surface area contributed by atoms with Gasteiger partial charge in [-0.1, -0.05) is 60.7 Å². The van der Waals surface area contributed by atoms with Gasteiger partial charge in [0.1, 0.15) is 17.5 Å². The lowest BCUT2D eigenvalue weighted by atomic mass is 10.0. The van der Waals surface area contributed by atoms with Crippen LogP contribution in [0.3, 0.4) is 0 Å². The Bertz CT molecular complexity index is 1470. The molecule has 10 heteroatoms. The van der Waals surface area contributed by atoms with E-state index in [-0.39, 0.29) is 18.7 Å². The van der Waals surface area contributed by atoms with Gasteiger partial charge >= 0.3 is 6.09 Å². The molecule has 3 amide bonds. The zero-order valence-electron chi connectivity index (χ0n) is 21.2.